The first-order valence-corrected chi connectivity index (χ1v) is 12.6. The molecule has 0 atom stereocenters. The van der Waals surface area contributed by atoms with Gasteiger partial charge in [-0.05, 0) is 57.3 Å². The number of hydrogen-bond acceptors (Lipinski definition) is 4. The van der Waals surface area contributed by atoms with Crippen molar-refractivity contribution in [2.75, 3.05) is 13.1 Å². The summed E-state index contributed by atoms with van der Waals surface area (Å²) < 4.78 is 0. The van der Waals surface area contributed by atoms with Crippen LogP contribution in [0.25, 0.3) is 0 Å². The van der Waals surface area contributed by atoms with Crippen molar-refractivity contribution in [1.82, 2.24) is 15.2 Å². The molecule has 0 aromatic carbocycles. The van der Waals surface area contributed by atoms with Crippen molar-refractivity contribution in [2.45, 2.75) is 88.5 Å². The molecule has 158 valence electrons. The zero-order chi connectivity index (χ0) is 19.8. The molecule has 5 nitrogen and oxygen atoms in total. The minimum atomic E-state index is 0.0215. The van der Waals surface area contributed by atoms with Gasteiger partial charge in [0.25, 0.3) is 5.91 Å². The lowest BCUT2D eigenvalue weighted by Crippen LogP contribution is -2.43. The van der Waals surface area contributed by atoms with Crippen LogP contribution in [0.15, 0.2) is 5.38 Å². The molecule has 4 fully saturated rings. The molecule has 3 saturated carbocycles. The molecule has 29 heavy (non-hydrogen) atoms. The van der Waals surface area contributed by atoms with Crippen molar-refractivity contribution >= 4 is 23.2 Å². The van der Waals surface area contributed by atoms with Crippen molar-refractivity contribution in [3.8, 4) is 0 Å². The number of hydrogen-bond donors (Lipinski definition) is 1. The second-order valence-corrected chi connectivity index (χ2v) is 10.6. The number of nitrogens with one attached hydrogen (secondary N) is 1. The third-order valence-electron chi connectivity index (χ3n) is 7.90. The van der Waals surface area contributed by atoms with Crippen LogP contribution in [-0.2, 0) is 4.79 Å². The molecular formula is C23H33N3O2S. The Kier molecular flexibility index (Phi) is 5.39. The van der Waals surface area contributed by atoms with Gasteiger partial charge in [-0.25, -0.2) is 4.98 Å². The van der Waals surface area contributed by atoms with E-state index in [-0.39, 0.29) is 11.4 Å². The van der Waals surface area contributed by atoms with Crippen LogP contribution in [0.1, 0.15) is 98.5 Å². The summed E-state index contributed by atoms with van der Waals surface area (Å²) in [5.74, 6) is 1.73. The molecule has 1 aliphatic heterocycles. The van der Waals surface area contributed by atoms with Crippen molar-refractivity contribution in [3.63, 3.8) is 0 Å². The summed E-state index contributed by atoms with van der Waals surface area (Å²) in [7, 11) is 0. The molecule has 0 radical (unpaired) electrons. The Balaban J connectivity index is 1.16. The predicted octanol–water partition coefficient (Wildman–Crippen LogP) is 4.49. The number of thiazole rings is 1. The highest BCUT2D eigenvalue weighted by Crippen LogP contribution is 2.48. The van der Waals surface area contributed by atoms with Crippen LogP contribution in [0.4, 0.5) is 0 Å². The van der Waals surface area contributed by atoms with Gasteiger partial charge in [-0.1, -0.05) is 25.7 Å². The van der Waals surface area contributed by atoms with E-state index in [2.05, 4.69) is 10.2 Å². The minimum Gasteiger partial charge on any atom is -0.345 e. The normalized spacial score (nSPS) is 25.4. The fourth-order valence-electron chi connectivity index (χ4n) is 5.55. The van der Waals surface area contributed by atoms with Crippen molar-refractivity contribution in [2.24, 2.45) is 11.8 Å². The van der Waals surface area contributed by atoms with E-state index in [4.69, 9.17) is 4.98 Å². The predicted molar refractivity (Wildman–Crippen MR) is 114 cm³/mol. The Morgan fingerprint density at radius 3 is 2.34 bits per heavy atom. The van der Waals surface area contributed by atoms with E-state index in [0.717, 1.165) is 56.6 Å². The Labute approximate surface area is 177 Å². The first kappa shape index (κ1) is 19.5. The molecule has 4 aliphatic rings. The Morgan fingerprint density at radius 2 is 1.72 bits per heavy atom. The average molecular weight is 416 g/mol. The van der Waals surface area contributed by atoms with Gasteiger partial charge >= 0.3 is 0 Å². The lowest BCUT2D eigenvalue weighted by Gasteiger charge is -2.36. The Bertz CT molecular complexity index is 754. The van der Waals surface area contributed by atoms with Gasteiger partial charge in [-0.2, -0.15) is 0 Å². The Morgan fingerprint density at radius 1 is 1.00 bits per heavy atom. The van der Waals surface area contributed by atoms with Crippen LogP contribution in [0, 0.1) is 11.8 Å². The largest absolute Gasteiger partial charge is 0.345 e. The van der Waals surface area contributed by atoms with Crippen LogP contribution in [-0.4, -0.2) is 40.3 Å². The zero-order valence-corrected chi connectivity index (χ0v) is 18.1. The molecule has 0 spiro atoms. The topological polar surface area (TPSA) is 62.3 Å². The molecule has 2 heterocycles. The molecule has 3 aliphatic carbocycles. The quantitative estimate of drug-likeness (QED) is 0.771. The molecule has 0 bridgehead atoms. The van der Waals surface area contributed by atoms with E-state index in [0.29, 0.717) is 29.4 Å². The summed E-state index contributed by atoms with van der Waals surface area (Å²) >= 11 is 1.62. The van der Waals surface area contributed by atoms with Crippen LogP contribution in [0.5, 0.6) is 0 Å². The number of nitrogens with zero attached hydrogens (tertiary/aromatic N) is 2. The average Bonchev–Trinajstić information content (AvgIpc) is 3.32. The highest BCUT2D eigenvalue weighted by molar-refractivity contribution is 7.09. The minimum absolute atomic E-state index is 0.0215. The van der Waals surface area contributed by atoms with E-state index in [9.17, 15) is 9.59 Å². The third kappa shape index (κ3) is 3.97. The summed E-state index contributed by atoms with van der Waals surface area (Å²) in [6, 6.07) is 0. The van der Waals surface area contributed by atoms with Crippen molar-refractivity contribution in [3.05, 3.63) is 16.1 Å². The van der Waals surface area contributed by atoms with Crippen molar-refractivity contribution < 1.29 is 9.59 Å². The molecule has 6 heteroatoms. The van der Waals surface area contributed by atoms with Gasteiger partial charge in [0, 0.05) is 35.8 Å². The highest BCUT2D eigenvalue weighted by Gasteiger charge is 2.50. The Hall–Kier alpha value is -1.43. The molecule has 1 aromatic heterocycles. The van der Waals surface area contributed by atoms with Crippen molar-refractivity contribution in [1.29, 1.82) is 0 Å². The highest BCUT2D eigenvalue weighted by atomic mass is 32.1. The van der Waals surface area contributed by atoms with Crippen LogP contribution >= 0.6 is 11.3 Å². The zero-order valence-electron chi connectivity index (χ0n) is 17.3. The summed E-state index contributed by atoms with van der Waals surface area (Å²) in [4.78, 5) is 32.1. The third-order valence-corrected chi connectivity index (χ3v) is 8.91. The number of piperidine rings is 1. The molecule has 5 rings (SSSR count). The summed E-state index contributed by atoms with van der Waals surface area (Å²) in [6.45, 7) is 1.68. The van der Waals surface area contributed by atoms with Gasteiger partial charge in [0.1, 0.15) is 5.69 Å². The summed E-state index contributed by atoms with van der Waals surface area (Å²) in [5, 5.41) is 6.38. The lowest BCUT2D eigenvalue weighted by atomic mass is 9.82. The molecule has 1 N–H and O–H groups in total. The summed E-state index contributed by atoms with van der Waals surface area (Å²) in [5.41, 5.74) is 0.661. The van der Waals surface area contributed by atoms with E-state index >= 15 is 0 Å². The number of aromatic nitrogens is 1. The van der Waals surface area contributed by atoms with Crippen LogP contribution in [0.3, 0.4) is 0 Å². The fourth-order valence-corrected chi connectivity index (χ4v) is 6.53. The van der Waals surface area contributed by atoms with E-state index < -0.39 is 0 Å². The SMILES string of the molecule is O=C(NC1(C2CCCCC2)CC1)c1csc(C2CCN(C(=O)C3CCC3)CC2)n1. The number of carbonyl (C=O) groups is 2. The number of rotatable bonds is 5. The van der Waals surface area contributed by atoms with Gasteiger partial charge in [-0.3, -0.25) is 9.59 Å². The second-order valence-electron chi connectivity index (χ2n) is 9.74. The van der Waals surface area contributed by atoms with Gasteiger partial charge in [0.2, 0.25) is 5.91 Å². The van der Waals surface area contributed by atoms with Gasteiger partial charge < -0.3 is 10.2 Å². The monoisotopic (exact) mass is 415 g/mol. The van der Waals surface area contributed by atoms with E-state index in [1.807, 2.05) is 5.38 Å². The molecule has 0 unspecified atom stereocenters. The first-order chi connectivity index (χ1) is 14.1. The number of likely N-dealkylation sites (tertiary alicyclic amines) is 1. The maximum atomic E-state index is 12.9. The van der Waals surface area contributed by atoms with Crippen LogP contribution in [0.2, 0.25) is 0 Å². The van der Waals surface area contributed by atoms with Gasteiger partial charge in [0.15, 0.2) is 0 Å². The lowest BCUT2D eigenvalue weighted by molar-refractivity contribution is -0.139. The molecule has 1 saturated heterocycles. The number of amides is 2. The number of carbonyl (C=O) groups excluding carboxylic acids is 2. The second kappa shape index (κ2) is 8.01. The maximum absolute atomic E-state index is 12.9. The molecule has 1 aromatic rings. The van der Waals surface area contributed by atoms with E-state index in [1.54, 1.807) is 11.3 Å². The standard InChI is InChI=1S/C23H33N3O2S/c27-20(25-23(11-12-23)18-7-2-1-3-8-18)19-15-29-21(24-19)16-9-13-26(14-10-16)22(28)17-5-4-6-17/h15-18H,1-14H2,(H,25,27). The van der Waals surface area contributed by atoms with E-state index in [1.165, 1.54) is 38.5 Å². The van der Waals surface area contributed by atoms with Crippen LogP contribution < -0.4 is 5.32 Å². The van der Waals surface area contributed by atoms with Gasteiger partial charge in [-0.15, -0.1) is 11.3 Å². The summed E-state index contributed by atoms with van der Waals surface area (Å²) in [6.07, 6.45) is 14.1. The molecular weight excluding hydrogens is 382 g/mol. The molecule has 2 amide bonds. The first-order valence-electron chi connectivity index (χ1n) is 11.7. The van der Waals surface area contributed by atoms with Gasteiger partial charge in [0.05, 0.1) is 5.01 Å². The maximum Gasteiger partial charge on any atom is 0.271 e. The smallest absolute Gasteiger partial charge is 0.271 e. The fraction of sp³-hybridized carbons (Fsp3) is 0.783.